The Morgan fingerprint density at radius 2 is 0.933 bits per heavy atom. The maximum atomic E-state index is 10.4. The van der Waals surface area contributed by atoms with Gasteiger partial charge in [0.1, 0.15) is 0 Å². The van der Waals surface area contributed by atoms with Gasteiger partial charge in [-0.05, 0) is 164 Å². The Morgan fingerprint density at radius 1 is 0.578 bits per heavy atom. The number of hydrogen-bond donors (Lipinski definition) is 8. The topological polar surface area (TPSA) is 231 Å². The molecule has 10 N–H and O–H groups in total. The fourth-order valence-electron chi connectivity index (χ4n) is 9.31. The number of alkyl halides is 1. The molecule has 2 aliphatic rings. The van der Waals surface area contributed by atoms with Crippen LogP contribution in [0.5, 0.6) is 0 Å². The summed E-state index contributed by atoms with van der Waals surface area (Å²) in [5.41, 5.74) is 22.6. The molecule has 6 unspecified atom stereocenters. The monoisotopic (exact) mass is 1320 g/mol. The van der Waals surface area contributed by atoms with Crippen LogP contribution in [0.4, 0.5) is 0 Å². The summed E-state index contributed by atoms with van der Waals surface area (Å²) >= 11 is 14.4. The summed E-state index contributed by atoms with van der Waals surface area (Å²) in [4.78, 5) is 11.6. The number of nitrogens with two attached hydrogens (primary N) is 2. The summed E-state index contributed by atoms with van der Waals surface area (Å²) < 4.78 is 0.302. The fraction of sp³-hybridized carbons (Fsp3) is 0.458. The number of aliphatic imine (C=N–C) groups is 2. The second-order valence-corrected chi connectivity index (χ2v) is 29.6. The van der Waals surface area contributed by atoms with Crippen molar-refractivity contribution in [2.75, 3.05) is 38.6 Å². The molecule has 6 aromatic rings. The Labute approximate surface area is 564 Å². The van der Waals surface area contributed by atoms with E-state index in [1.807, 2.05) is 146 Å². The zero-order valence-electron chi connectivity index (χ0n) is 55.2. The van der Waals surface area contributed by atoms with Crippen LogP contribution in [-0.4, -0.2) is 79.9 Å². The third-order valence-corrected chi connectivity index (χ3v) is 17.9. The summed E-state index contributed by atoms with van der Waals surface area (Å²) in [6.07, 6.45) is 5.48. The van der Waals surface area contributed by atoms with Crippen molar-refractivity contribution in [2.45, 2.75) is 165 Å². The standard InChI is InChI=1S/C16H23NS.C15H24N2OS.C11H14N2S.C10H13ClO.C10H13N3O.C10H15NO.ClH/c1-15(2,3)12-14-17-11-10-16(4,18-14)13-8-6-5-7-9-13;1-14(2,3)17-13(19)16-11-10-15(4,18)12-8-6-5-7-9-12;1-11(7-8-13-10(12)14-11)9-5-3-2-4-6-9;1-10(12,7-8-11)9-5-3-2-4-6-9;1-10(14,7-8-12-13-11)9-5-3-2-4-6-9;1-10(12,7-8-11)9-5-3-2-4-6-9;/h5-9H,10-12H2,1-4H3;5-9,18H,10-11H2,1-4H3,(H2,16,17,19);2-6H,7-8H2,1H3,(H2,12,13);2-6,12H,7-8H2,1H3;2-6,14H,7-8H2,1H3;2-6,12H,7-8,11H2,1H3;1H. The van der Waals surface area contributed by atoms with Crippen LogP contribution in [0.3, 0.4) is 0 Å². The maximum absolute atomic E-state index is 10.4. The van der Waals surface area contributed by atoms with E-state index in [0.717, 1.165) is 54.6 Å². The van der Waals surface area contributed by atoms with E-state index in [2.05, 4.69) is 136 Å². The number of nitrogens with zero attached hydrogens (tertiary/aromatic N) is 5. The van der Waals surface area contributed by atoms with Gasteiger partial charge in [-0.1, -0.05) is 231 Å². The summed E-state index contributed by atoms with van der Waals surface area (Å²) in [7, 11) is 0. The molecule has 0 bridgehead atoms. The van der Waals surface area contributed by atoms with E-state index in [0.29, 0.717) is 66.9 Å². The van der Waals surface area contributed by atoms with Crippen LogP contribution in [0.2, 0.25) is 0 Å². The summed E-state index contributed by atoms with van der Waals surface area (Å²) in [6.45, 7) is 27.9. The number of halogens is 2. The van der Waals surface area contributed by atoms with E-state index in [4.69, 9.17) is 45.8 Å². The van der Waals surface area contributed by atoms with Gasteiger partial charge in [-0.2, -0.15) is 0 Å². The van der Waals surface area contributed by atoms with Gasteiger partial charge in [0.05, 0.1) is 27.4 Å². The van der Waals surface area contributed by atoms with Crippen molar-refractivity contribution in [3.63, 3.8) is 0 Å². The van der Waals surface area contributed by atoms with Crippen molar-refractivity contribution in [1.29, 1.82) is 0 Å². The molecule has 2 heterocycles. The lowest BCUT2D eigenvalue weighted by molar-refractivity contribution is 0.0489. The van der Waals surface area contributed by atoms with Gasteiger partial charge in [0, 0.05) is 58.4 Å². The molecule has 0 saturated heterocycles. The first-order valence-electron chi connectivity index (χ1n) is 30.6. The predicted octanol–water partition coefficient (Wildman–Crippen LogP) is 16.6. The molecule has 8 rings (SSSR count). The smallest absolute Gasteiger partial charge is 0.166 e. The summed E-state index contributed by atoms with van der Waals surface area (Å²) in [6, 6.07) is 59.6. The summed E-state index contributed by atoms with van der Waals surface area (Å²) in [5, 5.41) is 52.6. The first kappa shape index (κ1) is 80.6. The number of amidine groups is 1. The quantitative estimate of drug-likeness (QED) is 0.0141. The molecule has 0 aliphatic carbocycles. The van der Waals surface area contributed by atoms with Gasteiger partial charge >= 0.3 is 0 Å². The molecule has 2 aliphatic heterocycles. The number of thiocarbonyl (C=S) groups is 1. The third-order valence-electron chi connectivity index (χ3n) is 14.8. The number of rotatable bonds is 17. The van der Waals surface area contributed by atoms with Crippen molar-refractivity contribution >= 4 is 75.1 Å². The second-order valence-electron chi connectivity index (χ2n) is 25.8. The second kappa shape index (κ2) is 39.2. The highest BCUT2D eigenvalue weighted by atomic mass is 35.5. The van der Waals surface area contributed by atoms with Crippen molar-refractivity contribution in [3.05, 3.63) is 226 Å². The van der Waals surface area contributed by atoms with Crippen molar-refractivity contribution < 1.29 is 20.4 Å². The molecule has 18 heteroatoms. The normalized spacial score (nSPS) is 18.6. The number of thioether (sulfide) groups is 2. The van der Waals surface area contributed by atoms with Crippen LogP contribution in [0.15, 0.2) is 197 Å². The first-order chi connectivity index (χ1) is 41.8. The van der Waals surface area contributed by atoms with Crippen molar-refractivity contribution in [3.8, 4) is 0 Å². The van der Waals surface area contributed by atoms with Crippen LogP contribution < -0.4 is 22.1 Å². The van der Waals surface area contributed by atoms with Gasteiger partial charge in [0.15, 0.2) is 10.3 Å². The van der Waals surface area contributed by atoms with E-state index in [-0.39, 0.29) is 27.4 Å². The average Bonchev–Trinajstić information content (AvgIpc) is 3.48. The van der Waals surface area contributed by atoms with Gasteiger partial charge in [0.25, 0.3) is 0 Å². The highest BCUT2D eigenvalue weighted by molar-refractivity contribution is 8.15. The number of azide groups is 1. The molecule has 6 aromatic carbocycles. The number of hydrogen-bond acceptors (Lipinski definition) is 12. The highest BCUT2D eigenvalue weighted by Gasteiger charge is 2.34. The van der Waals surface area contributed by atoms with Gasteiger partial charge < -0.3 is 42.5 Å². The molecule has 0 radical (unpaired) electrons. The van der Waals surface area contributed by atoms with Crippen LogP contribution in [0.1, 0.15) is 161 Å². The van der Waals surface area contributed by atoms with E-state index < -0.39 is 22.4 Å². The minimum absolute atomic E-state index is 0. The minimum Gasteiger partial charge on any atom is -0.385 e. The van der Waals surface area contributed by atoms with Gasteiger partial charge in [-0.25, -0.2) is 0 Å². The molecular weight excluding hydrogens is 1220 g/mol. The molecule has 6 atom stereocenters. The zero-order valence-corrected chi connectivity index (χ0v) is 59.2. The number of aliphatic hydroxyl groups is 4. The van der Waals surface area contributed by atoms with E-state index >= 15 is 0 Å². The van der Waals surface area contributed by atoms with Crippen molar-refractivity contribution in [2.24, 2.45) is 32.0 Å². The maximum Gasteiger partial charge on any atom is 0.166 e. The fourth-order valence-corrected chi connectivity index (χ4v) is 12.8. The Bertz CT molecular complexity index is 3000. The molecule has 90 heavy (non-hydrogen) atoms. The van der Waals surface area contributed by atoms with Crippen LogP contribution in [0, 0.1) is 5.41 Å². The molecule has 13 nitrogen and oxygen atoms in total. The molecule has 0 aromatic heterocycles. The predicted molar refractivity (Wildman–Crippen MR) is 392 cm³/mol. The average molecular weight is 1330 g/mol. The van der Waals surface area contributed by atoms with Crippen LogP contribution >= 0.6 is 59.7 Å². The Kier molecular flexibility index (Phi) is 35.1. The number of benzene rings is 6. The van der Waals surface area contributed by atoms with Crippen LogP contribution in [-0.2, 0) is 31.9 Å². The van der Waals surface area contributed by atoms with E-state index in [1.165, 1.54) is 16.2 Å². The molecule has 0 spiro atoms. The largest absolute Gasteiger partial charge is 0.385 e. The molecular formula is C72H103Cl2N9O4S3. The van der Waals surface area contributed by atoms with Crippen LogP contribution in [0.25, 0.3) is 10.4 Å². The first-order valence-corrected chi connectivity index (χ1v) is 33.1. The lowest BCUT2D eigenvalue weighted by Gasteiger charge is -2.34. The lowest BCUT2D eigenvalue weighted by Crippen LogP contribution is -2.47. The Hall–Kier alpha value is -5.46. The molecule has 0 amide bonds. The Morgan fingerprint density at radius 3 is 1.29 bits per heavy atom. The van der Waals surface area contributed by atoms with Gasteiger partial charge in [-0.3, -0.25) is 9.98 Å². The third kappa shape index (κ3) is 30.8. The molecule has 492 valence electrons. The molecule has 0 saturated carbocycles. The highest BCUT2D eigenvalue weighted by Crippen LogP contribution is 2.45. The SMILES string of the molecule is CC(C)(C)CC1=NCCC(C)(c2ccccc2)S1.CC(C)(C)NC(=S)NCCC(C)(O)c1ccccc1.CC(O)(CCCl)c1ccccc1.CC(O)(CCN)c1ccccc1.CC(O)(CCN=[N+]=[N-])c1ccccc1.CC1(c2ccccc2)CCN=C(N)S1.Cl. The molecule has 0 fully saturated rings. The zero-order chi connectivity index (χ0) is 66.3. The van der Waals surface area contributed by atoms with E-state index in [9.17, 15) is 20.4 Å². The summed E-state index contributed by atoms with van der Waals surface area (Å²) in [5.74, 6) is 0.474. The van der Waals surface area contributed by atoms with Gasteiger partial charge in [-0.15, -0.1) is 24.0 Å². The number of nitrogens with one attached hydrogen (secondary N) is 2. The lowest BCUT2D eigenvalue weighted by atomic mass is 9.92. The van der Waals surface area contributed by atoms with Gasteiger partial charge in [0.2, 0.25) is 0 Å². The minimum atomic E-state index is -0.921. The Balaban J connectivity index is 0.000000370. The van der Waals surface area contributed by atoms with Crippen molar-refractivity contribution in [1.82, 2.24) is 10.6 Å². The van der Waals surface area contributed by atoms with E-state index in [1.54, 1.807) is 32.5 Å².